The Balaban J connectivity index is 3.34. The molecule has 0 bridgehead atoms. The maximum absolute atomic E-state index is 10.9. The number of anilines is 1. The standard InChI is InChI=1S/C6H8BrN3O/c1-3(11)5-4(8)6(7)9-10(5)2/h8H2,1-2H3. The highest BCUT2D eigenvalue weighted by atomic mass is 79.9. The van der Waals surface area contributed by atoms with Crippen LogP contribution in [-0.4, -0.2) is 15.6 Å². The second-order valence-electron chi connectivity index (χ2n) is 2.23. The highest BCUT2D eigenvalue weighted by Gasteiger charge is 2.14. The highest BCUT2D eigenvalue weighted by molar-refractivity contribution is 9.10. The zero-order valence-corrected chi connectivity index (χ0v) is 7.84. The molecule has 0 atom stereocenters. The second-order valence-corrected chi connectivity index (χ2v) is 2.98. The van der Waals surface area contributed by atoms with Gasteiger partial charge in [0.1, 0.15) is 5.69 Å². The molecule has 1 aromatic heterocycles. The lowest BCUT2D eigenvalue weighted by atomic mass is 10.3. The average Bonchev–Trinajstić information content (AvgIpc) is 2.07. The molecule has 1 aromatic rings. The molecule has 1 rings (SSSR count). The van der Waals surface area contributed by atoms with Gasteiger partial charge in [-0.15, -0.1) is 0 Å². The van der Waals surface area contributed by atoms with E-state index in [1.807, 2.05) is 0 Å². The first-order valence-corrected chi connectivity index (χ1v) is 3.82. The van der Waals surface area contributed by atoms with Crippen LogP contribution in [0.3, 0.4) is 0 Å². The number of hydrogen-bond acceptors (Lipinski definition) is 3. The molecule has 0 radical (unpaired) electrons. The zero-order valence-electron chi connectivity index (χ0n) is 6.26. The van der Waals surface area contributed by atoms with Crippen molar-refractivity contribution in [2.75, 3.05) is 5.73 Å². The fraction of sp³-hybridized carbons (Fsp3) is 0.333. The van der Waals surface area contributed by atoms with Gasteiger partial charge in [-0.05, 0) is 15.9 Å². The molecule has 0 aliphatic carbocycles. The number of nitrogens with two attached hydrogens (primary N) is 1. The number of Topliss-reactive ketones (excluding diaryl/α,β-unsaturated/α-hetero) is 1. The number of aryl methyl sites for hydroxylation is 1. The van der Waals surface area contributed by atoms with Crippen molar-refractivity contribution in [3.63, 3.8) is 0 Å². The van der Waals surface area contributed by atoms with Crippen molar-refractivity contribution in [3.8, 4) is 0 Å². The first-order valence-electron chi connectivity index (χ1n) is 3.03. The van der Waals surface area contributed by atoms with Crippen LogP contribution in [-0.2, 0) is 7.05 Å². The number of ketones is 1. The lowest BCUT2D eigenvalue weighted by molar-refractivity contribution is 0.101. The van der Waals surface area contributed by atoms with Gasteiger partial charge in [0.25, 0.3) is 0 Å². The summed E-state index contributed by atoms with van der Waals surface area (Å²) >= 11 is 3.13. The van der Waals surface area contributed by atoms with Gasteiger partial charge >= 0.3 is 0 Å². The van der Waals surface area contributed by atoms with Gasteiger partial charge in [-0.3, -0.25) is 9.48 Å². The SMILES string of the molecule is CC(=O)c1c(N)c(Br)nn1C. The number of hydrogen-bond donors (Lipinski definition) is 1. The highest BCUT2D eigenvalue weighted by Crippen LogP contribution is 2.21. The molecule has 2 N–H and O–H groups in total. The van der Waals surface area contributed by atoms with Crippen LogP contribution in [0.5, 0.6) is 0 Å². The molecule has 0 saturated carbocycles. The number of nitrogens with zero attached hydrogens (tertiary/aromatic N) is 2. The Bertz CT molecular complexity index is 305. The Morgan fingerprint density at radius 2 is 2.27 bits per heavy atom. The predicted molar refractivity (Wildman–Crippen MR) is 45.3 cm³/mol. The predicted octanol–water partition coefficient (Wildman–Crippen LogP) is 0.967. The fourth-order valence-corrected chi connectivity index (χ4v) is 1.35. The Kier molecular flexibility index (Phi) is 1.99. The molecule has 60 valence electrons. The number of carbonyl (C=O) groups is 1. The van der Waals surface area contributed by atoms with Crippen molar-refractivity contribution in [1.82, 2.24) is 9.78 Å². The quantitative estimate of drug-likeness (QED) is 0.714. The molecule has 0 unspecified atom stereocenters. The van der Waals surface area contributed by atoms with Gasteiger partial charge in [-0.1, -0.05) is 0 Å². The lowest BCUT2D eigenvalue weighted by Gasteiger charge is -1.95. The van der Waals surface area contributed by atoms with Crippen molar-refractivity contribution >= 4 is 27.4 Å². The number of nitrogen functional groups attached to an aromatic ring is 1. The van der Waals surface area contributed by atoms with Crippen LogP contribution in [0.1, 0.15) is 17.4 Å². The van der Waals surface area contributed by atoms with Crippen LogP contribution in [0.25, 0.3) is 0 Å². The zero-order chi connectivity index (χ0) is 8.59. The van der Waals surface area contributed by atoms with Gasteiger partial charge in [0, 0.05) is 14.0 Å². The molecule has 0 aliphatic heterocycles. The van der Waals surface area contributed by atoms with Crippen molar-refractivity contribution < 1.29 is 4.79 Å². The van der Waals surface area contributed by atoms with E-state index >= 15 is 0 Å². The van der Waals surface area contributed by atoms with E-state index in [4.69, 9.17) is 5.73 Å². The summed E-state index contributed by atoms with van der Waals surface area (Å²) in [7, 11) is 1.68. The van der Waals surface area contributed by atoms with Crippen LogP contribution >= 0.6 is 15.9 Å². The third-order valence-electron chi connectivity index (χ3n) is 1.37. The fourth-order valence-electron chi connectivity index (χ4n) is 0.925. The van der Waals surface area contributed by atoms with Crippen molar-refractivity contribution in [3.05, 3.63) is 10.3 Å². The first-order chi connectivity index (χ1) is 5.04. The van der Waals surface area contributed by atoms with E-state index in [1.165, 1.54) is 11.6 Å². The summed E-state index contributed by atoms with van der Waals surface area (Å²) < 4.78 is 1.98. The van der Waals surface area contributed by atoms with Crippen LogP contribution in [0.2, 0.25) is 0 Å². The minimum absolute atomic E-state index is 0.0804. The molecule has 0 amide bonds. The maximum Gasteiger partial charge on any atom is 0.179 e. The Hall–Kier alpha value is -0.840. The van der Waals surface area contributed by atoms with Crippen molar-refractivity contribution in [2.45, 2.75) is 6.92 Å². The Labute approximate surface area is 72.5 Å². The van der Waals surface area contributed by atoms with Gasteiger partial charge in [0.15, 0.2) is 10.4 Å². The minimum Gasteiger partial charge on any atom is -0.395 e. The van der Waals surface area contributed by atoms with Crippen molar-refractivity contribution in [1.29, 1.82) is 0 Å². The molecule has 11 heavy (non-hydrogen) atoms. The molecule has 5 heteroatoms. The van der Waals surface area contributed by atoms with Gasteiger partial charge in [-0.25, -0.2) is 0 Å². The number of carbonyl (C=O) groups excluding carboxylic acids is 1. The van der Waals surface area contributed by atoms with E-state index in [0.717, 1.165) is 0 Å². The average molecular weight is 218 g/mol. The van der Waals surface area contributed by atoms with E-state index in [2.05, 4.69) is 21.0 Å². The van der Waals surface area contributed by atoms with Crippen LogP contribution in [0.4, 0.5) is 5.69 Å². The summed E-state index contributed by atoms with van der Waals surface area (Å²) in [6, 6.07) is 0. The Morgan fingerprint density at radius 3 is 2.45 bits per heavy atom. The lowest BCUT2D eigenvalue weighted by Crippen LogP contribution is -2.05. The molecule has 0 saturated heterocycles. The molecular weight excluding hydrogens is 210 g/mol. The monoisotopic (exact) mass is 217 g/mol. The van der Waals surface area contributed by atoms with Gasteiger partial charge in [0.2, 0.25) is 0 Å². The summed E-state index contributed by atoms with van der Waals surface area (Å²) in [5.74, 6) is -0.0804. The second kappa shape index (κ2) is 2.65. The normalized spacial score (nSPS) is 10.1. The maximum atomic E-state index is 10.9. The number of rotatable bonds is 1. The molecular formula is C6H8BrN3O. The summed E-state index contributed by atoms with van der Waals surface area (Å²) in [5.41, 5.74) is 6.40. The summed E-state index contributed by atoms with van der Waals surface area (Å²) in [6.45, 7) is 1.46. The molecule has 0 aromatic carbocycles. The van der Waals surface area contributed by atoms with Gasteiger partial charge < -0.3 is 5.73 Å². The number of halogens is 1. The minimum atomic E-state index is -0.0804. The molecule has 0 spiro atoms. The molecule has 0 fully saturated rings. The van der Waals surface area contributed by atoms with E-state index in [-0.39, 0.29) is 5.78 Å². The molecule has 1 heterocycles. The summed E-state index contributed by atoms with van der Waals surface area (Å²) in [5, 5.41) is 3.92. The van der Waals surface area contributed by atoms with E-state index in [1.54, 1.807) is 7.05 Å². The van der Waals surface area contributed by atoms with E-state index in [0.29, 0.717) is 16.0 Å². The first kappa shape index (κ1) is 8.26. The smallest absolute Gasteiger partial charge is 0.179 e. The largest absolute Gasteiger partial charge is 0.395 e. The third kappa shape index (κ3) is 1.28. The van der Waals surface area contributed by atoms with Crippen LogP contribution in [0, 0.1) is 0 Å². The molecule has 0 aliphatic rings. The molecule has 4 nitrogen and oxygen atoms in total. The van der Waals surface area contributed by atoms with E-state index < -0.39 is 0 Å². The topological polar surface area (TPSA) is 60.9 Å². The third-order valence-corrected chi connectivity index (χ3v) is 1.96. The van der Waals surface area contributed by atoms with Crippen molar-refractivity contribution in [2.24, 2.45) is 7.05 Å². The summed E-state index contributed by atoms with van der Waals surface area (Å²) in [4.78, 5) is 10.9. The van der Waals surface area contributed by atoms with Crippen LogP contribution in [0.15, 0.2) is 4.60 Å². The van der Waals surface area contributed by atoms with E-state index in [9.17, 15) is 4.79 Å². The summed E-state index contributed by atoms with van der Waals surface area (Å²) in [6.07, 6.45) is 0. The van der Waals surface area contributed by atoms with Gasteiger partial charge in [-0.2, -0.15) is 5.10 Å². The number of aromatic nitrogens is 2. The van der Waals surface area contributed by atoms with Crippen LogP contribution < -0.4 is 5.73 Å². The van der Waals surface area contributed by atoms with Gasteiger partial charge in [0.05, 0.1) is 5.69 Å². The Morgan fingerprint density at radius 1 is 1.73 bits per heavy atom.